The number of nitrogens with zero attached hydrogens (tertiary/aromatic N) is 2. The monoisotopic (exact) mass is 800 g/mol. The highest BCUT2D eigenvalue weighted by Gasteiger charge is 2.45. The third-order valence-electron chi connectivity index (χ3n) is 14.1. The lowest BCUT2D eigenvalue weighted by Crippen LogP contribution is -2.60. The number of anilines is 2. The van der Waals surface area contributed by atoms with Crippen LogP contribution in [0.3, 0.4) is 0 Å². The highest BCUT2D eigenvalue weighted by molar-refractivity contribution is 6.94. The second kappa shape index (κ2) is 11.4. The Morgan fingerprint density at radius 2 is 1.02 bits per heavy atom. The maximum atomic E-state index is 6.76. The second-order valence-electron chi connectivity index (χ2n) is 19.7. The predicted molar refractivity (Wildman–Crippen MR) is 259 cm³/mol. The number of aromatic nitrogens is 1. The number of hydrogen-bond donors (Lipinski definition) is 0. The number of rotatable bonds is 1. The summed E-state index contributed by atoms with van der Waals surface area (Å²) in [5.41, 5.74) is 18.7. The molecule has 0 spiro atoms. The summed E-state index contributed by atoms with van der Waals surface area (Å²) in [4.78, 5) is 2.61. The van der Waals surface area contributed by atoms with E-state index in [1.165, 1.54) is 49.6 Å². The van der Waals surface area contributed by atoms with Crippen LogP contribution < -0.4 is 15.7 Å². The standard InChI is InChI=1S/C56H41BN2O3/c1-55(2,3)30-15-18-32(19-16-30)59-45-26-42-39-23-31(56(4,5)6)17-22-49(39)62-51(42)27-37(45)35-20-21-36-38-28-50-41(34-12-8-10-14-48(34)60-50)25-44(38)58-46-29-52-40(33-11-7-9-13-47(33)61-52)24-43(46)57(59)53(35)54(36)58/h7-29H,1-6H3. The molecule has 8 aromatic carbocycles. The molecule has 0 atom stereocenters. The van der Waals surface area contributed by atoms with E-state index < -0.39 is 0 Å². The minimum atomic E-state index is -0.156. The summed E-state index contributed by atoms with van der Waals surface area (Å²) in [5, 5.41) is 9.12. The van der Waals surface area contributed by atoms with Crippen molar-refractivity contribution < 1.29 is 13.3 Å². The first-order valence-corrected chi connectivity index (χ1v) is 21.8. The highest BCUT2D eigenvalue weighted by Crippen LogP contribution is 2.49. The Bertz CT molecular complexity index is 3960. The molecule has 4 aromatic heterocycles. The van der Waals surface area contributed by atoms with E-state index in [-0.39, 0.29) is 17.7 Å². The van der Waals surface area contributed by atoms with Gasteiger partial charge in [-0.25, -0.2) is 0 Å². The van der Waals surface area contributed by atoms with Crippen molar-refractivity contribution in [1.82, 2.24) is 4.57 Å². The van der Waals surface area contributed by atoms with Crippen LogP contribution >= 0.6 is 0 Å². The fraction of sp³-hybridized carbons (Fsp3) is 0.143. The molecular weight excluding hydrogens is 759 g/mol. The number of benzene rings is 8. The van der Waals surface area contributed by atoms with E-state index in [1.807, 2.05) is 6.07 Å². The summed E-state index contributed by atoms with van der Waals surface area (Å²) in [6, 6.07) is 51.5. The van der Waals surface area contributed by atoms with Crippen LogP contribution in [0.1, 0.15) is 52.7 Å². The van der Waals surface area contributed by atoms with E-state index in [2.05, 4.69) is 184 Å². The fourth-order valence-electron chi connectivity index (χ4n) is 11.0. The van der Waals surface area contributed by atoms with Crippen molar-refractivity contribution in [3.63, 3.8) is 0 Å². The van der Waals surface area contributed by atoms with E-state index in [9.17, 15) is 0 Å². The molecule has 6 heterocycles. The topological polar surface area (TPSA) is 47.6 Å². The van der Waals surface area contributed by atoms with Crippen LogP contribution in [-0.4, -0.2) is 11.4 Å². The molecule has 12 aromatic rings. The fourth-order valence-corrected chi connectivity index (χ4v) is 11.0. The van der Waals surface area contributed by atoms with E-state index in [1.54, 1.807) is 0 Å². The van der Waals surface area contributed by atoms with Gasteiger partial charge in [0.15, 0.2) is 0 Å². The molecule has 62 heavy (non-hydrogen) atoms. The largest absolute Gasteiger partial charge is 0.456 e. The van der Waals surface area contributed by atoms with Gasteiger partial charge in [0.05, 0.1) is 11.0 Å². The van der Waals surface area contributed by atoms with Crippen LogP contribution in [0.2, 0.25) is 0 Å². The third-order valence-corrected chi connectivity index (χ3v) is 14.1. The third kappa shape index (κ3) is 4.44. The Hall–Kier alpha value is -7.18. The van der Waals surface area contributed by atoms with Crippen molar-refractivity contribution in [3.05, 3.63) is 151 Å². The Kier molecular flexibility index (Phi) is 6.34. The van der Waals surface area contributed by atoms with Gasteiger partial charge in [0.2, 0.25) is 0 Å². The number of furan rings is 3. The maximum absolute atomic E-state index is 6.76. The van der Waals surface area contributed by atoms with Gasteiger partial charge in [-0.1, -0.05) is 114 Å². The molecule has 0 radical (unpaired) electrons. The van der Waals surface area contributed by atoms with Crippen LogP contribution in [0.25, 0.3) is 104 Å². The summed E-state index contributed by atoms with van der Waals surface area (Å²) < 4.78 is 22.5. The maximum Gasteiger partial charge on any atom is 0.333 e. The molecule has 0 amide bonds. The number of para-hydroxylation sites is 2. The van der Waals surface area contributed by atoms with Crippen LogP contribution in [0.5, 0.6) is 0 Å². The average Bonchev–Trinajstić information content (AvgIpc) is 4.01. The van der Waals surface area contributed by atoms with Crippen LogP contribution in [-0.2, 0) is 10.8 Å². The van der Waals surface area contributed by atoms with Gasteiger partial charge >= 0.3 is 6.85 Å². The molecule has 0 N–H and O–H groups in total. The van der Waals surface area contributed by atoms with Crippen molar-refractivity contribution >= 4 is 117 Å². The van der Waals surface area contributed by atoms with Crippen molar-refractivity contribution in [2.24, 2.45) is 0 Å². The summed E-state index contributed by atoms with van der Waals surface area (Å²) in [7, 11) is 0. The van der Waals surface area contributed by atoms with Crippen LogP contribution in [0, 0.1) is 0 Å². The zero-order chi connectivity index (χ0) is 41.6. The van der Waals surface area contributed by atoms with E-state index in [0.717, 1.165) is 88.3 Å². The second-order valence-corrected chi connectivity index (χ2v) is 19.7. The molecule has 2 aliphatic heterocycles. The first-order chi connectivity index (χ1) is 30.0. The SMILES string of the molecule is CC(C)(C)c1ccc(N2B3c4cc5c(cc4-n4c6cc7c(cc6c6ccc(c3c64)-c3cc4oc6ccc(C(C)(C)C)cc6c4cc32)oc2ccccc27)oc2ccccc25)cc1. The van der Waals surface area contributed by atoms with Crippen LogP contribution in [0.15, 0.2) is 153 Å². The lowest BCUT2D eigenvalue weighted by atomic mass is 9.44. The summed E-state index contributed by atoms with van der Waals surface area (Å²) in [5.74, 6) is 0. The van der Waals surface area contributed by atoms with Crippen molar-refractivity contribution in [2.75, 3.05) is 4.81 Å². The smallest absolute Gasteiger partial charge is 0.333 e. The molecule has 0 saturated carbocycles. The Morgan fingerprint density at radius 1 is 0.419 bits per heavy atom. The van der Waals surface area contributed by atoms with Gasteiger partial charge in [-0.05, 0) is 99.1 Å². The van der Waals surface area contributed by atoms with Gasteiger partial charge in [-0.15, -0.1) is 0 Å². The number of hydrogen-bond acceptors (Lipinski definition) is 4. The van der Waals surface area contributed by atoms with Crippen molar-refractivity contribution in [2.45, 2.75) is 52.4 Å². The zero-order valence-corrected chi connectivity index (χ0v) is 35.5. The molecule has 0 bridgehead atoms. The molecule has 14 rings (SSSR count). The van der Waals surface area contributed by atoms with E-state index in [0.29, 0.717) is 0 Å². The Labute approximate surface area is 357 Å². The molecule has 296 valence electrons. The van der Waals surface area contributed by atoms with Gasteiger partial charge in [-0.2, -0.15) is 0 Å². The molecule has 5 nitrogen and oxygen atoms in total. The number of fused-ring (bicyclic) bond motifs is 17. The molecular formula is C56H41BN2O3. The summed E-state index contributed by atoms with van der Waals surface area (Å²) >= 11 is 0. The zero-order valence-electron chi connectivity index (χ0n) is 35.5. The lowest BCUT2D eigenvalue weighted by Gasteiger charge is -2.42. The van der Waals surface area contributed by atoms with Gasteiger partial charge in [0.25, 0.3) is 0 Å². The van der Waals surface area contributed by atoms with Crippen LogP contribution in [0.4, 0.5) is 11.4 Å². The highest BCUT2D eigenvalue weighted by atomic mass is 16.3. The normalized spacial score (nSPS) is 13.9. The van der Waals surface area contributed by atoms with Crippen molar-refractivity contribution in [3.8, 4) is 16.8 Å². The van der Waals surface area contributed by atoms with Gasteiger partial charge < -0.3 is 22.6 Å². The average molecular weight is 801 g/mol. The van der Waals surface area contributed by atoms with E-state index in [4.69, 9.17) is 13.3 Å². The van der Waals surface area contributed by atoms with Gasteiger partial charge in [-0.3, -0.25) is 0 Å². The first kappa shape index (κ1) is 34.5. The minimum absolute atomic E-state index is 0.000345. The molecule has 6 heteroatoms. The lowest BCUT2D eigenvalue weighted by molar-refractivity contribution is 0.590. The molecule has 0 aliphatic carbocycles. The summed E-state index contributed by atoms with van der Waals surface area (Å²) in [6.45, 7) is 13.5. The van der Waals surface area contributed by atoms with Crippen molar-refractivity contribution in [1.29, 1.82) is 0 Å². The molecule has 0 unspecified atom stereocenters. The molecule has 2 aliphatic rings. The Morgan fingerprint density at radius 3 is 1.73 bits per heavy atom. The quantitative estimate of drug-likeness (QED) is 0.155. The molecule has 0 fully saturated rings. The van der Waals surface area contributed by atoms with E-state index >= 15 is 0 Å². The predicted octanol–water partition coefficient (Wildman–Crippen LogP) is 14.3. The molecule has 0 saturated heterocycles. The summed E-state index contributed by atoms with van der Waals surface area (Å²) in [6.07, 6.45) is 0. The Balaban J connectivity index is 1.15. The van der Waals surface area contributed by atoms with Gasteiger partial charge in [0, 0.05) is 71.8 Å². The first-order valence-electron chi connectivity index (χ1n) is 21.8. The minimum Gasteiger partial charge on any atom is -0.456 e. The van der Waals surface area contributed by atoms with Gasteiger partial charge in [0.1, 0.15) is 33.5 Å².